The molecular weight excluding hydrogens is 110 g/mol. The van der Waals surface area contributed by atoms with Gasteiger partial charge < -0.3 is 0 Å². The summed E-state index contributed by atoms with van der Waals surface area (Å²) in [5.41, 5.74) is 0. The van der Waals surface area contributed by atoms with Gasteiger partial charge in [-0.3, -0.25) is 0 Å². The molecule has 1 rings (SSSR count). The Morgan fingerprint density at radius 3 is 2.56 bits per heavy atom. The molecule has 1 saturated carbocycles. The fraction of sp³-hybridized carbons (Fsp3) is 0.875. The topological polar surface area (TPSA) is 23.8 Å². The molecule has 50 valence electrons. The van der Waals surface area contributed by atoms with E-state index in [1.165, 1.54) is 25.7 Å². The quantitative estimate of drug-likeness (QED) is 0.553. The predicted octanol–water partition coefficient (Wildman–Crippen LogP) is 2.48. The van der Waals surface area contributed by atoms with Gasteiger partial charge in [0.05, 0.1) is 6.07 Å². The molecule has 0 aromatic carbocycles. The summed E-state index contributed by atoms with van der Waals surface area (Å²) in [6.45, 7) is 0. The van der Waals surface area contributed by atoms with Crippen LogP contribution in [0.2, 0.25) is 0 Å². The average Bonchev–Trinajstić information content (AvgIpc) is 2.34. The van der Waals surface area contributed by atoms with Crippen molar-refractivity contribution in [3.05, 3.63) is 0 Å². The van der Waals surface area contributed by atoms with Crippen LogP contribution in [0.4, 0.5) is 0 Å². The molecule has 0 amide bonds. The average molecular weight is 123 g/mol. The Hall–Kier alpha value is -0.510. The van der Waals surface area contributed by atoms with E-state index in [4.69, 9.17) is 5.26 Å². The summed E-state index contributed by atoms with van der Waals surface area (Å²) in [5, 5.41) is 8.28. The monoisotopic (exact) mass is 123 g/mol. The van der Waals surface area contributed by atoms with E-state index in [0.717, 1.165) is 18.8 Å². The zero-order valence-corrected chi connectivity index (χ0v) is 5.77. The van der Waals surface area contributed by atoms with Crippen LogP contribution in [0.15, 0.2) is 0 Å². The highest BCUT2D eigenvalue weighted by Gasteiger charge is 2.13. The van der Waals surface area contributed by atoms with E-state index in [-0.39, 0.29) is 0 Å². The third-order valence-electron chi connectivity index (χ3n) is 2.14. The van der Waals surface area contributed by atoms with E-state index in [9.17, 15) is 0 Å². The van der Waals surface area contributed by atoms with Crippen molar-refractivity contribution < 1.29 is 0 Å². The van der Waals surface area contributed by atoms with Gasteiger partial charge in [-0.1, -0.05) is 25.7 Å². The van der Waals surface area contributed by atoms with Crippen LogP contribution in [0.25, 0.3) is 0 Å². The van der Waals surface area contributed by atoms with Crippen LogP contribution in [0.1, 0.15) is 38.5 Å². The van der Waals surface area contributed by atoms with E-state index >= 15 is 0 Å². The van der Waals surface area contributed by atoms with Gasteiger partial charge >= 0.3 is 0 Å². The highest BCUT2D eigenvalue weighted by molar-refractivity contribution is 4.74. The molecule has 0 aromatic rings. The normalized spacial score (nSPS) is 19.9. The molecule has 0 unspecified atom stereocenters. The minimum absolute atomic E-state index is 0.769. The predicted molar refractivity (Wildman–Crippen MR) is 36.8 cm³/mol. The van der Waals surface area contributed by atoms with Crippen molar-refractivity contribution in [1.82, 2.24) is 0 Å². The second kappa shape index (κ2) is 3.50. The molecule has 0 N–H and O–H groups in total. The summed E-state index contributed by atoms with van der Waals surface area (Å²) in [6.07, 6.45) is 7.47. The molecule has 1 aliphatic carbocycles. The van der Waals surface area contributed by atoms with Crippen molar-refractivity contribution >= 4 is 0 Å². The fourth-order valence-electron chi connectivity index (χ4n) is 1.57. The van der Waals surface area contributed by atoms with Gasteiger partial charge in [0.25, 0.3) is 0 Å². The van der Waals surface area contributed by atoms with E-state index in [2.05, 4.69) is 6.07 Å². The summed E-state index contributed by atoms with van der Waals surface area (Å²) >= 11 is 0. The summed E-state index contributed by atoms with van der Waals surface area (Å²) in [7, 11) is 0. The van der Waals surface area contributed by atoms with Crippen LogP contribution in [0.5, 0.6) is 0 Å². The van der Waals surface area contributed by atoms with Gasteiger partial charge in [-0.15, -0.1) is 0 Å². The van der Waals surface area contributed by atoms with Gasteiger partial charge in [0, 0.05) is 6.42 Å². The smallest absolute Gasteiger partial charge is 0.0621 e. The lowest BCUT2D eigenvalue weighted by molar-refractivity contribution is 0.511. The van der Waals surface area contributed by atoms with Crippen molar-refractivity contribution in [2.24, 2.45) is 5.92 Å². The highest BCUT2D eigenvalue weighted by Crippen LogP contribution is 2.27. The molecule has 0 bridgehead atoms. The first kappa shape index (κ1) is 6.61. The molecule has 1 heteroatoms. The number of hydrogen-bond acceptors (Lipinski definition) is 1. The minimum atomic E-state index is 0.769. The number of rotatable bonds is 2. The van der Waals surface area contributed by atoms with Gasteiger partial charge in [0.15, 0.2) is 0 Å². The number of nitriles is 1. The standard InChI is InChI=1S/C8H13N/c9-7-3-6-8-4-1-2-5-8/h8H,1-6H2. The molecule has 0 saturated heterocycles. The Kier molecular flexibility index (Phi) is 2.57. The Morgan fingerprint density at radius 2 is 2.00 bits per heavy atom. The van der Waals surface area contributed by atoms with Crippen LogP contribution < -0.4 is 0 Å². The highest BCUT2D eigenvalue weighted by atomic mass is 14.2. The fourth-order valence-corrected chi connectivity index (χ4v) is 1.57. The maximum Gasteiger partial charge on any atom is 0.0621 e. The lowest BCUT2D eigenvalue weighted by atomic mass is 10.0. The molecule has 1 aliphatic rings. The molecule has 9 heavy (non-hydrogen) atoms. The molecule has 1 fully saturated rings. The van der Waals surface area contributed by atoms with Crippen molar-refractivity contribution in [3.63, 3.8) is 0 Å². The van der Waals surface area contributed by atoms with Crippen molar-refractivity contribution in [2.45, 2.75) is 38.5 Å². The third-order valence-corrected chi connectivity index (χ3v) is 2.14. The molecule has 0 aromatic heterocycles. The SMILES string of the molecule is N#CCCC1CCCC1. The first-order chi connectivity index (χ1) is 4.43. The van der Waals surface area contributed by atoms with Crippen LogP contribution in [0, 0.1) is 17.2 Å². The zero-order chi connectivity index (χ0) is 6.53. The first-order valence-electron chi connectivity index (χ1n) is 3.80. The summed E-state index contributed by atoms with van der Waals surface area (Å²) in [4.78, 5) is 0. The molecule has 0 radical (unpaired) electrons. The van der Waals surface area contributed by atoms with E-state index in [1.54, 1.807) is 0 Å². The van der Waals surface area contributed by atoms with Crippen LogP contribution in [-0.4, -0.2) is 0 Å². The molecule has 0 heterocycles. The maximum atomic E-state index is 8.28. The minimum Gasteiger partial charge on any atom is -0.198 e. The molecule has 0 spiro atoms. The molecule has 1 nitrogen and oxygen atoms in total. The number of hydrogen-bond donors (Lipinski definition) is 0. The third kappa shape index (κ3) is 2.05. The largest absolute Gasteiger partial charge is 0.198 e. The second-order valence-corrected chi connectivity index (χ2v) is 2.85. The van der Waals surface area contributed by atoms with Crippen molar-refractivity contribution in [3.8, 4) is 6.07 Å². The van der Waals surface area contributed by atoms with Crippen molar-refractivity contribution in [2.75, 3.05) is 0 Å². The lowest BCUT2D eigenvalue weighted by Gasteiger charge is -2.02. The Balaban J connectivity index is 2.06. The molecule has 0 atom stereocenters. The molecular formula is C8H13N. The maximum absolute atomic E-state index is 8.28. The summed E-state index contributed by atoms with van der Waals surface area (Å²) in [6, 6.07) is 2.19. The van der Waals surface area contributed by atoms with Crippen LogP contribution >= 0.6 is 0 Å². The van der Waals surface area contributed by atoms with Crippen LogP contribution in [-0.2, 0) is 0 Å². The summed E-state index contributed by atoms with van der Waals surface area (Å²) < 4.78 is 0. The lowest BCUT2D eigenvalue weighted by Crippen LogP contribution is -1.90. The number of nitrogens with zero attached hydrogens (tertiary/aromatic N) is 1. The second-order valence-electron chi connectivity index (χ2n) is 2.85. The van der Waals surface area contributed by atoms with Crippen LogP contribution in [0.3, 0.4) is 0 Å². The molecule has 0 aliphatic heterocycles. The van der Waals surface area contributed by atoms with E-state index < -0.39 is 0 Å². The van der Waals surface area contributed by atoms with Gasteiger partial charge in [0.2, 0.25) is 0 Å². The van der Waals surface area contributed by atoms with Crippen molar-refractivity contribution in [1.29, 1.82) is 5.26 Å². The van der Waals surface area contributed by atoms with E-state index in [1.807, 2.05) is 0 Å². The van der Waals surface area contributed by atoms with E-state index in [0.29, 0.717) is 0 Å². The Morgan fingerprint density at radius 1 is 1.33 bits per heavy atom. The Labute approximate surface area is 56.7 Å². The van der Waals surface area contributed by atoms with Gasteiger partial charge in [0.1, 0.15) is 0 Å². The Bertz CT molecular complexity index is 106. The summed E-state index contributed by atoms with van der Waals surface area (Å²) in [5.74, 6) is 0.893. The van der Waals surface area contributed by atoms with Gasteiger partial charge in [-0.2, -0.15) is 5.26 Å². The zero-order valence-electron chi connectivity index (χ0n) is 5.77. The van der Waals surface area contributed by atoms with Gasteiger partial charge in [-0.05, 0) is 12.3 Å². The first-order valence-corrected chi connectivity index (χ1v) is 3.80. The van der Waals surface area contributed by atoms with Gasteiger partial charge in [-0.25, -0.2) is 0 Å².